The van der Waals surface area contributed by atoms with E-state index in [2.05, 4.69) is 0 Å². The highest BCUT2D eigenvalue weighted by Crippen LogP contribution is 2.40. The van der Waals surface area contributed by atoms with Gasteiger partial charge in [-0.2, -0.15) is 13.2 Å². The lowest BCUT2D eigenvalue weighted by Crippen LogP contribution is -3.12. The number of carbonyl (C=O) groups is 1. The summed E-state index contributed by atoms with van der Waals surface area (Å²) in [4.78, 5) is 27.3. The number of ether oxygens (including phenoxy) is 3. The van der Waals surface area contributed by atoms with E-state index in [1.54, 1.807) is 0 Å². The summed E-state index contributed by atoms with van der Waals surface area (Å²) < 4.78 is 64.5. The third-order valence-electron chi connectivity index (χ3n) is 6.28. The van der Waals surface area contributed by atoms with Gasteiger partial charge in [-0.15, -0.1) is 0 Å². The molecule has 208 valence electrons. The molecule has 0 spiro atoms. The predicted molar refractivity (Wildman–Crippen MR) is 141 cm³/mol. The maximum atomic E-state index is 14.2. The molecule has 1 aliphatic rings. The minimum absolute atomic E-state index is 0.0333. The Labute approximate surface area is 235 Å². The summed E-state index contributed by atoms with van der Waals surface area (Å²) in [6.07, 6.45) is -5.08. The lowest BCUT2D eigenvalue weighted by molar-refractivity contribution is -0.921. The number of morpholine rings is 1. The summed E-state index contributed by atoms with van der Waals surface area (Å²) >= 11 is 11.8. The number of carbonyl (C=O) groups excluding carboxylic acids is 1. The molecule has 0 atom stereocenters. The summed E-state index contributed by atoms with van der Waals surface area (Å²) in [6, 6.07) is 14.0. The van der Waals surface area contributed by atoms with Crippen LogP contribution in [0.1, 0.15) is 21.7 Å². The van der Waals surface area contributed by atoms with Crippen molar-refractivity contribution in [2.24, 2.45) is 0 Å². The van der Waals surface area contributed by atoms with Crippen molar-refractivity contribution in [2.45, 2.75) is 12.7 Å². The van der Waals surface area contributed by atoms with Crippen LogP contribution in [0.2, 0.25) is 10.0 Å². The zero-order chi connectivity index (χ0) is 28.4. The fraction of sp³-hybridized carbons (Fsp3) is 0.214. The first kappa shape index (κ1) is 28.0. The zero-order valence-corrected chi connectivity index (χ0v) is 22.2. The summed E-state index contributed by atoms with van der Waals surface area (Å²) in [5.41, 5.74) is -1.06. The molecule has 40 heavy (non-hydrogen) atoms. The molecule has 0 amide bonds. The molecule has 1 aromatic heterocycles. The Balaban J connectivity index is 1.65. The molecule has 1 aliphatic heterocycles. The van der Waals surface area contributed by atoms with Crippen LogP contribution in [0.5, 0.6) is 17.2 Å². The van der Waals surface area contributed by atoms with Crippen LogP contribution in [0, 0.1) is 0 Å². The molecular weight excluding hydrogens is 574 g/mol. The number of alkyl halides is 3. The number of rotatable bonds is 6. The van der Waals surface area contributed by atoms with Gasteiger partial charge in [-0.05, 0) is 60.7 Å². The molecule has 5 rings (SSSR count). The van der Waals surface area contributed by atoms with Gasteiger partial charge in [-0.25, -0.2) is 4.79 Å². The van der Waals surface area contributed by atoms with Crippen molar-refractivity contribution < 1.29 is 41.5 Å². The van der Waals surface area contributed by atoms with E-state index in [-0.39, 0.29) is 40.1 Å². The van der Waals surface area contributed by atoms with Gasteiger partial charge in [0.05, 0.1) is 29.7 Å². The number of quaternary nitrogens is 1. The van der Waals surface area contributed by atoms with Crippen molar-refractivity contribution in [1.29, 1.82) is 0 Å². The van der Waals surface area contributed by atoms with Crippen LogP contribution in [0.3, 0.4) is 0 Å². The van der Waals surface area contributed by atoms with E-state index in [4.69, 9.17) is 41.8 Å². The molecule has 0 aliphatic carbocycles. The number of benzene rings is 3. The van der Waals surface area contributed by atoms with Crippen molar-refractivity contribution in [3.63, 3.8) is 0 Å². The molecular formula is C28H21Cl2F3NO6+. The quantitative estimate of drug-likeness (QED) is 0.233. The van der Waals surface area contributed by atoms with Gasteiger partial charge in [0, 0.05) is 10.0 Å². The Hall–Kier alpha value is -3.57. The van der Waals surface area contributed by atoms with Gasteiger partial charge >= 0.3 is 12.1 Å². The summed E-state index contributed by atoms with van der Waals surface area (Å²) in [5.74, 6) is -3.45. The molecule has 1 N–H and O–H groups in total. The van der Waals surface area contributed by atoms with E-state index in [0.29, 0.717) is 36.3 Å². The highest BCUT2D eigenvalue weighted by molar-refractivity contribution is 6.30. The number of halogens is 5. The fourth-order valence-electron chi connectivity index (χ4n) is 4.27. The summed E-state index contributed by atoms with van der Waals surface area (Å²) in [7, 11) is 0. The SMILES string of the molecule is O=C(Oc1ccc2c(=O)c(Oc3ccc(Cl)cc3)c(C(F)(F)F)oc2c1C[NH+]1CCOCC1)c1ccc(Cl)cc1. The van der Waals surface area contributed by atoms with Crippen LogP contribution >= 0.6 is 23.2 Å². The van der Waals surface area contributed by atoms with Gasteiger partial charge in [0.2, 0.25) is 11.2 Å². The maximum Gasteiger partial charge on any atom is 0.453 e. The minimum atomic E-state index is -5.08. The Morgan fingerprint density at radius 3 is 2.17 bits per heavy atom. The van der Waals surface area contributed by atoms with Crippen LogP contribution in [-0.2, 0) is 17.5 Å². The highest BCUT2D eigenvalue weighted by Gasteiger charge is 2.41. The summed E-state index contributed by atoms with van der Waals surface area (Å²) in [5, 5.41) is 0.590. The topological polar surface area (TPSA) is 79.4 Å². The molecule has 0 radical (unpaired) electrons. The third-order valence-corrected chi connectivity index (χ3v) is 6.78. The Kier molecular flexibility index (Phi) is 8.04. The maximum absolute atomic E-state index is 14.2. The van der Waals surface area contributed by atoms with Crippen molar-refractivity contribution in [3.05, 3.63) is 97.8 Å². The van der Waals surface area contributed by atoms with Gasteiger partial charge in [-0.3, -0.25) is 4.79 Å². The third kappa shape index (κ3) is 6.10. The molecule has 12 heteroatoms. The monoisotopic (exact) mass is 594 g/mol. The Bertz CT molecular complexity index is 1600. The van der Waals surface area contributed by atoms with Crippen LogP contribution in [-0.4, -0.2) is 32.3 Å². The van der Waals surface area contributed by atoms with E-state index in [1.807, 2.05) is 0 Å². The minimum Gasteiger partial charge on any atom is -0.449 e. The van der Waals surface area contributed by atoms with Gasteiger partial charge < -0.3 is 23.5 Å². The van der Waals surface area contributed by atoms with E-state index in [0.717, 1.165) is 4.90 Å². The largest absolute Gasteiger partial charge is 0.453 e. The Morgan fingerprint density at radius 1 is 0.925 bits per heavy atom. The number of hydrogen-bond donors (Lipinski definition) is 1. The molecule has 2 heterocycles. The van der Waals surface area contributed by atoms with E-state index in [1.165, 1.54) is 60.7 Å². The standard InChI is InChI=1S/C28H20Cl2F3NO6/c29-17-3-1-16(2-4-17)27(36)39-22-10-9-20-23(35)25(38-19-7-5-18(30)6-8-19)26(28(31,32)33)40-24(20)21(22)15-34-11-13-37-14-12-34/h1-10H,11-15H2/p+1. The van der Waals surface area contributed by atoms with Crippen molar-refractivity contribution >= 4 is 40.1 Å². The second-order valence-electron chi connectivity index (χ2n) is 9.00. The Morgan fingerprint density at radius 2 is 1.55 bits per heavy atom. The molecule has 0 saturated carbocycles. The second kappa shape index (κ2) is 11.5. The van der Waals surface area contributed by atoms with Gasteiger partial charge in [-0.1, -0.05) is 23.2 Å². The van der Waals surface area contributed by atoms with Crippen molar-refractivity contribution in [3.8, 4) is 17.2 Å². The first-order valence-corrected chi connectivity index (χ1v) is 12.9. The van der Waals surface area contributed by atoms with Crippen LogP contribution < -0.4 is 19.8 Å². The molecule has 7 nitrogen and oxygen atoms in total. The highest BCUT2D eigenvalue weighted by atomic mass is 35.5. The van der Waals surface area contributed by atoms with Crippen molar-refractivity contribution in [2.75, 3.05) is 26.3 Å². The molecule has 3 aromatic carbocycles. The molecule has 1 saturated heterocycles. The van der Waals surface area contributed by atoms with E-state index >= 15 is 0 Å². The first-order valence-electron chi connectivity index (χ1n) is 12.1. The van der Waals surface area contributed by atoms with Gasteiger partial charge in [0.1, 0.15) is 31.1 Å². The van der Waals surface area contributed by atoms with Crippen LogP contribution in [0.4, 0.5) is 13.2 Å². The smallest absolute Gasteiger partial charge is 0.449 e. The lowest BCUT2D eigenvalue weighted by atomic mass is 10.1. The number of esters is 1. The van der Waals surface area contributed by atoms with Crippen LogP contribution in [0.25, 0.3) is 11.0 Å². The van der Waals surface area contributed by atoms with Crippen LogP contribution in [0.15, 0.2) is 69.9 Å². The predicted octanol–water partition coefficient (Wildman–Crippen LogP) is 5.55. The number of fused-ring (bicyclic) bond motifs is 1. The average molecular weight is 595 g/mol. The molecule has 0 unspecified atom stereocenters. The van der Waals surface area contributed by atoms with Crippen molar-refractivity contribution in [1.82, 2.24) is 0 Å². The number of nitrogens with one attached hydrogen (secondary N) is 1. The van der Waals surface area contributed by atoms with E-state index < -0.39 is 29.1 Å². The molecule has 1 fully saturated rings. The van der Waals surface area contributed by atoms with Gasteiger partial charge in [0.15, 0.2) is 5.58 Å². The lowest BCUT2D eigenvalue weighted by Gasteiger charge is -2.25. The molecule has 0 bridgehead atoms. The first-order chi connectivity index (χ1) is 19.1. The summed E-state index contributed by atoms with van der Waals surface area (Å²) in [6.45, 7) is 2.10. The number of hydrogen-bond acceptors (Lipinski definition) is 6. The van der Waals surface area contributed by atoms with Gasteiger partial charge in [0.25, 0.3) is 5.76 Å². The average Bonchev–Trinajstić information content (AvgIpc) is 2.92. The molecule has 4 aromatic rings. The second-order valence-corrected chi connectivity index (χ2v) is 9.87. The normalized spacial score (nSPS) is 14.3. The fourth-order valence-corrected chi connectivity index (χ4v) is 4.53. The zero-order valence-electron chi connectivity index (χ0n) is 20.6. The van der Waals surface area contributed by atoms with E-state index in [9.17, 15) is 22.8 Å².